The number of hydrogen-bond donors (Lipinski definition) is 2. The number of carbonyl (C=O) groups is 1. The summed E-state index contributed by atoms with van der Waals surface area (Å²) in [5.41, 5.74) is 0. The Kier molecular flexibility index (Phi) is 21.3. The zero-order valence-electron chi connectivity index (χ0n) is 24.5. The molecule has 0 aliphatic heterocycles. The van der Waals surface area contributed by atoms with Crippen LogP contribution in [0.25, 0.3) is 0 Å². The van der Waals surface area contributed by atoms with Crippen molar-refractivity contribution < 1.29 is 38.0 Å². The van der Waals surface area contributed by atoms with E-state index in [4.69, 9.17) is 9.05 Å². The number of aliphatic hydroxyl groups is 2. The predicted octanol–water partition coefficient (Wildman–Crippen LogP) is 5.38. The van der Waals surface area contributed by atoms with Crippen LogP contribution >= 0.6 is 7.82 Å². The fraction of sp³-hybridized carbons (Fsp3) is 0.964. The van der Waals surface area contributed by atoms with E-state index >= 15 is 0 Å². The lowest BCUT2D eigenvalue weighted by Crippen LogP contribution is -2.40. The standard InChI is InChI=1S/C28H58NO7P/c1-6-7-8-9-10-13-16-19-25(2)20-17-14-11-12-15-18-21-26(31)28(27(32)24-30)36-37(33,34)35-23-22-29(3,4)5/h25,27-28,30,32H,6-24H2,1-5H3/t25?,27-,28?/m0/s1. The van der Waals surface area contributed by atoms with Gasteiger partial charge in [0.05, 0.1) is 27.7 Å². The minimum absolute atomic E-state index is 0.0933. The molecule has 0 saturated heterocycles. The van der Waals surface area contributed by atoms with Gasteiger partial charge in [-0.25, -0.2) is 0 Å². The highest BCUT2D eigenvalue weighted by Crippen LogP contribution is 2.40. The summed E-state index contributed by atoms with van der Waals surface area (Å²) < 4.78 is 22.3. The van der Waals surface area contributed by atoms with Crippen LogP contribution in [0.1, 0.15) is 117 Å². The molecule has 0 heterocycles. The summed E-state index contributed by atoms with van der Waals surface area (Å²) in [7, 11) is 0.879. The van der Waals surface area contributed by atoms with Crippen LogP contribution < -0.4 is 4.89 Å². The Bertz CT molecular complexity index is 612. The fourth-order valence-electron chi connectivity index (χ4n) is 4.27. The van der Waals surface area contributed by atoms with Crippen LogP contribution in [-0.2, 0) is 18.4 Å². The van der Waals surface area contributed by atoms with Crippen LogP contribution in [0, 0.1) is 5.92 Å². The van der Waals surface area contributed by atoms with Gasteiger partial charge in [-0.1, -0.05) is 104 Å². The average molecular weight is 552 g/mol. The second-order valence-electron chi connectivity index (χ2n) is 11.7. The zero-order chi connectivity index (χ0) is 28.2. The summed E-state index contributed by atoms with van der Waals surface area (Å²) in [6, 6.07) is 0. The smallest absolute Gasteiger partial charge is 0.268 e. The van der Waals surface area contributed by atoms with Crippen LogP contribution in [0.3, 0.4) is 0 Å². The Morgan fingerprint density at radius 3 is 1.86 bits per heavy atom. The summed E-state index contributed by atoms with van der Waals surface area (Å²) in [6.45, 7) is 4.17. The van der Waals surface area contributed by atoms with Crippen molar-refractivity contribution in [2.45, 2.75) is 129 Å². The van der Waals surface area contributed by atoms with E-state index < -0.39 is 32.4 Å². The van der Waals surface area contributed by atoms with Gasteiger partial charge in [-0.05, 0) is 12.3 Å². The number of hydrogen-bond acceptors (Lipinski definition) is 7. The quantitative estimate of drug-likeness (QED) is 0.0842. The normalized spacial score (nSPS) is 16.3. The molecule has 0 rings (SSSR count). The second-order valence-corrected chi connectivity index (χ2v) is 13.1. The number of quaternary nitrogens is 1. The molecular weight excluding hydrogens is 493 g/mol. The number of unbranched alkanes of at least 4 members (excludes halogenated alkanes) is 11. The van der Waals surface area contributed by atoms with E-state index in [9.17, 15) is 24.5 Å². The molecular formula is C28H58NO7P. The maximum atomic E-state index is 12.5. The Labute approximate surface area is 227 Å². The number of nitrogens with zero attached hydrogens (tertiary/aromatic N) is 1. The van der Waals surface area contributed by atoms with E-state index in [2.05, 4.69) is 13.8 Å². The molecule has 3 unspecified atom stereocenters. The first kappa shape index (κ1) is 36.7. The van der Waals surface area contributed by atoms with Crippen molar-refractivity contribution >= 4 is 13.6 Å². The van der Waals surface area contributed by atoms with E-state index in [-0.39, 0.29) is 13.0 Å². The van der Waals surface area contributed by atoms with Gasteiger partial charge >= 0.3 is 0 Å². The first-order valence-corrected chi connectivity index (χ1v) is 16.1. The van der Waals surface area contributed by atoms with E-state index in [1.54, 1.807) is 0 Å². The van der Waals surface area contributed by atoms with E-state index in [1.807, 2.05) is 21.1 Å². The molecule has 0 aromatic carbocycles. The minimum atomic E-state index is -4.79. The van der Waals surface area contributed by atoms with Crippen molar-refractivity contribution in [3.05, 3.63) is 0 Å². The molecule has 0 aromatic heterocycles. The van der Waals surface area contributed by atoms with Crippen LogP contribution in [0.4, 0.5) is 0 Å². The van der Waals surface area contributed by atoms with Crippen LogP contribution in [-0.4, -0.2) is 73.6 Å². The molecule has 222 valence electrons. The number of Topliss-reactive ketones (excluding diaryl/α,β-unsaturated/α-hetero) is 1. The Hall–Kier alpha value is -0.340. The van der Waals surface area contributed by atoms with Gasteiger partial charge in [0.25, 0.3) is 7.82 Å². The van der Waals surface area contributed by atoms with E-state index in [0.717, 1.165) is 25.2 Å². The molecule has 2 N–H and O–H groups in total. The molecule has 0 fully saturated rings. The predicted molar refractivity (Wildman–Crippen MR) is 148 cm³/mol. The van der Waals surface area contributed by atoms with Gasteiger partial charge in [0.1, 0.15) is 19.3 Å². The van der Waals surface area contributed by atoms with Gasteiger partial charge in [-0.15, -0.1) is 0 Å². The molecule has 0 radical (unpaired) electrons. The fourth-order valence-corrected chi connectivity index (χ4v) is 5.17. The zero-order valence-corrected chi connectivity index (χ0v) is 25.4. The molecule has 4 atom stereocenters. The number of likely N-dealkylation sites (N-methyl/N-ethyl adjacent to an activating group) is 1. The molecule has 0 aromatic rings. The Morgan fingerprint density at radius 2 is 1.38 bits per heavy atom. The molecule has 0 aliphatic rings. The number of phosphoric ester groups is 1. The second kappa shape index (κ2) is 21.5. The molecule has 9 heteroatoms. The Balaban J connectivity index is 4.04. The molecule has 0 amide bonds. The summed E-state index contributed by atoms with van der Waals surface area (Å²) in [6.07, 6.45) is 15.0. The van der Waals surface area contributed by atoms with Crippen molar-refractivity contribution in [2.75, 3.05) is 40.9 Å². The highest BCUT2D eigenvalue weighted by atomic mass is 31.2. The summed E-state index contributed by atoms with van der Waals surface area (Å²) in [4.78, 5) is 24.7. The lowest BCUT2D eigenvalue weighted by molar-refractivity contribution is -0.870. The first-order valence-electron chi connectivity index (χ1n) is 14.7. The summed E-state index contributed by atoms with van der Waals surface area (Å²) in [5, 5.41) is 19.2. The summed E-state index contributed by atoms with van der Waals surface area (Å²) >= 11 is 0. The third-order valence-electron chi connectivity index (χ3n) is 6.78. The molecule has 0 bridgehead atoms. The van der Waals surface area contributed by atoms with Gasteiger partial charge in [0.15, 0.2) is 11.9 Å². The SMILES string of the molecule is CCCCCCCCCC(C)CCCCCCCCC(=O)C(OP(=O)([O-])OCC[N+](C)(C)C)[C@@H](O)CO. The van der Waals surface area contributed by atoms with Gasteiger partial charge in [-0.3, -0.25) is 9.36 Å². The van der Waals surface area contributed by atoms with Crippen molar-refractivity contribution in [2.24, 2.45) is 5.92 Å². The third kappa shape index (κ3) is 22.2. The van der Waals surface area contributed by atoms with Crippen molar-refractivity contribution in [1.82, 2.24) is 0 Å². The number of carbonyl (C=O) groups excluding carboxylic acids is 1. The highest BCUT2D eigenvalue weighted by molar-refractivity contribution is 7.45. The summed E-state index contributed by atoms with van der Waals surface area (Å²) in [5.74, 6) is 0.253. The van der Waals surface area contributed by atoms with Crippen LogP contribution in [0.15, 0.2) is 0 Å². The van der Waals surface area contributed by atoms with Crippen molar-refractivity contribution in [1.29, 1.82) is 0 Å². The monoisotopic (exact) mass is 551 g/mol. The number of ketones is 1. The maximum Gasteiger partial charge on any atom is 0.268 e. The largest absolute Gasteiger partial charge is 0.756 e. The van der Waals surface area contributed by atoms with Crippen LogP contribution in [0.5, 0.6) is 0 Å². The minimum Gasteiger partial charge on any atom is -0.756 e. The maximum absolute atomic E-state index is 12.5. The number of rotatable bonds is 26. The number of phosphoric acid groups is 1. The number of aliphatic hydroxyl groups excluding tert-OH is 2. The van der Waals surface area contributed by atoms with Gasteiger partial charge in [-0.2, -0.15) is 0 Å². The third-order valence-corrected chi connectivity index (χ3v) is 7.76. The molecule has 37 heavy (non-hydrogen) atoms. The molecule has 0 aliphatic carbocycles. The van der Waals surface area contributed by atoms with E-state index in [0.29, 0.717) is 17.4 Å². The lowest BCUT2D eigenvalue weighted by Gasteiger charge is -2.30. The van der Waals surface area contributed by atoms with Gasteiger partial charge < -0.3 is 28.6 Å². The van der Waals surface area contributed by atoms with Gasteiger partial charge in [0, 0.05) is 6.42 Å². The van der Waals surface area contributed by atoms with Crippen LogP contribution in [0.2, 0.25) is 0 Å². The topological polar surface area (TPSA) is 116 Å². The highest BCUT2D eigenvalue weighted by Gasteiger charge is 2.31. The molecule has 8 nitrogen and oxygen atoms in total. The molecule has 0 saturated carbocycles. The average Bonchev–Trinajstić information content (AvgIpc) is 2.82. The van der Waals surface area contributed by atoms with Crippen molar-refractivity contribution in [3.63, 3.8) is 0 Å². The molecule has 0 spiro atoms. The first-order chi connectivity index (χ1) is 17.4. The van der Waals surface area contributed by atoms with E-state index in [1.165, 1.54) is 70.6 Å². The lowest BCUT2D eigenvalue weighted by atomic mass is 9.95. The van der Waals surface area contributed by atoms with Crippen molar-refractivity contribution in [3.8, 4) is 0 Å². The van der Waals surface area contributed by atoms with Gasteiger partial charge in [0.2, 0.25) is 0 Å². The Morgan fingerprint density at radius 1 is 0.892 bits per heavy atom.